The Morgan fingerprint density at radius 3 is 2.47 bits per heavy atom. The molecule has 2 saturated heterocycles. The van der Waals surface area contributed by atoms with Crippen molar-refractivity contribution in [2.24, 2.45) is 0 Å². The molecule has 1 aromatic heterocycles. The summed E-state index contributed by atoms with van der Waals surface area (Å²) in [5.41, 5.74) is -0.707. The van der Waals surface area contributed by atoms with Crippen LogP contribution in [0.5, 0.6) is 0 Å². The van der Waals surface area contributed by atoms with Crippen LogP contribution in [-0.4, -0.2) is 95.8 Å². The van der Waals surface area contributed by atoms with E-state index in [2.05, 4.69) is 11.4 Å². The Labute approximate surface area is 280 Å². The first-order valence-electron chi connectivity index (χ1n) is 16.1. The normalized spacial score (nSPS) is 22.1. The number of nitriles is 1. The molecule has 4 heterocycles. The molecule has 3 aliphatic rings. The fourth-order valence-corrected chi connectivity index (χ4v) is 6.87. The maximum Gasteiger partial charge on any atom is 0.416 e. The van der Waals surface area contributed by atoms with E-state index in [0.717, 1.165) is 12.1 Å². The van der Waals surface area contributed by atoms with E-state index in [-0.39, 0.29) is 30.4 Å². The number of fused-ring (bicyclic) bond motifs is 1. The number of carbonyl (C=O) groups excluding carboxylic acids is 3. The lowest BCUT2D eigenvalue weighted by Gasteiger charge is -2.40. The average Bonchev–Trinajstić information content (AvgIpc) is 3.48. The summed E-state index contributed by atoms with van der Waals surface area (Å²) in [6.07, 6.45) is -3.63. The molecule has 0 radical (unpaired) electrons. The molecule has 0 aliphatic carbocycles. The smallest absolute Gasteiger partial charge is 0.381 e. The number of benzene rings is 2. The van der Waals surface area contributed by atoms with Crippen LogP contribution in [0.3, 0.4) is 0 Å². The summed E-state index contributed by atoms with van der Waals surface area (Å²) in [7, 11) is 1.85. The number of rotatable bonds is 6. The van der Waals surface area contributed by atoms with Crippen LogP contribution in [0.25, 0.3) is 0 Å². The summed E-state index contributed by atoms with van der Waals surface area (Å²) < 4.78 is 62.1. The number of alkyl halides is 3. The van der Waals surface area contributed by atoms with E-state index in [9.17, 15) is 37.2 Å². The highest BCUT2D eigenvalue weighted by Crippen LogP contribution is 2.45. The second-order valence-corrected chi connectivity index (χ2v) is 12.4. The second kappa shape index (κ2) is 13.6. The van der Waals surface area contributed by atoms with Gasteiger partial charge in [0.2, 0.25) is 0 Å². The van der Waals surface area contributed by atoms with Gasteiger partial charge in [-0.05, 0) is 62.7 Å². The Balaban J connectivity index is 1.54. The number of aromatic nitrogens is 2. The Morgan fingerprint density at radius 1 is 1.10 bits per heavy atom. The number of ether oxygens (including phenoxy) is 1. The molecule has 0 bridgehead atoms. The Hall–Kier alpha value is -4.81. The molecule has 1 N–H and O–H groups in total. The number of likely N-dealkylation sites (N-methyl/N-ethyl adjacent to an activating group) is 2. The lowest BCUT2D eigenvalue weighted by molar-refractivity contribution is -0.137. The molecule has 258 valence electrons. The highest BCUT2D eigenvalue weighted by molar-refractivity contribution is 6.07. The molecule has 11 nitrogen and oxygen atoms in total. The summed E-state index contributed by atoms with van der Waals surface area (Å²) in [5.74, 6) is -3.38. The van der Waals surface area contributed by atoms with E-state index >= 15 is 0 Å². The van der Waals surface area contributed by atoms with E-state index in [1.807, 2.05) is 11.9 Å². The molecule has 15 heteroatoms. The lowest BCUT2D eigenvalue weighted by atomic mass is 9.80. The van der Waals surface area contributed by atoms with Crippen LogP contribution in [0.2, 0.25) is 0 Å². The van der Waals surface area contributed by atoms with Crippen LogP contribution in [0, 0.1) is 17.1 Å². The molecule has 2 aromatic carbocycles. The topological polar surface area (TPSA) is 124 Å². The van der Waals surface area contributed by atoms with Crippen molar-refractivity contribution in [3.8, 4) is 6.07 Å². The van der Waals surface area contributed by atoms with Crippen molar-refractivity contribution in [1.29, 1.82) is 5.26 Å². The number of amides is 3. The van der Waals surface area contributed by atoms with Crippen LogP contribution in [0.1, 0.15) is 69.3 Å². The molecule has 3 aromatic rings. The van der Waals surface area contributed by atoms with Gasteiger partial charge in [-0.2, -0.15) is 23.5 Å². The Morgan fingerprint density at radius 2 is 1.82 bits per heavy atom. The average molecular weight is 682 g/mol. The van der Waals surface area contributed by atoms with Crippen LogP contribution in [-0.2, 0) is 15.7 Å². The SMILES string of the molecule is CCN1C(=O)[C@@H](NC(=O)c2cccc(C(F)(F)F)c2)[C@@H](c2ccc(F)cc2)c2c(C(=O)N3CCN(C)CC3C#N)nn(C3CCOCC3)c21. The van der Waals surface area contributed by atoms with Gasteiger partial charge in [0.1, 0.15) is 23.7 Å². The summed E-state index contributed by atoms with van der Waals surface area (Å²) >= 11 is 0. The first-order valence-corrected chi connectivity index (χ1v) is 16.1. The molecule has 0 saturated carbocycles. The zero-order valence-electron chi connectivity index (χ0n) is 26.9. The van der Waals surface area contributed by atoms with Gasteiger partial charge in [0.15, 0.2) is 5.69 Å². The van der Waals surface area contributed by atoms with Crippen molar-refractivity contribution in [3.63, 3.8) is 0 Å². The zero-order valence-corrected chi connectivity index (χ0v) is 26.9. The van der Waals surface area contributed by atoms with Crippen LogP contribution >= 0.6 is 0 Å². The molecule has 1 unspecified atom stereocenters. The van der Waals surface area contributed by atoms with Gasteiger partial charge >= 0.3 is 6.18 Å². The first-order chi connectivity index (χ1) is 23.4. The van der Waals surface area contributed by atoms with Crippen molar-refractivity contribution in [3.05, 3.63) is 82.3 Å². The van der Waals surface area contributed by atoms with E-state index in [1.54, 1.807) is 11.6 Å². The molecule has 2 fully saturated rings. The van der Waals surface area contributed by atoms with Crippen LogP contribution in [0.15, 0.2) is 48.5 Å². The number of hydrogen-bond acceptors (Lipinski definition) is 7. The van der Waals surface area contributed by atoms with Gasteiger partial charge in [-0.1, -0.05) is 18.2 Å². The standard InChI is InChI=1S/C34H35F4N7O4/c1-3-43-31-27(29(41-45(31)24-11-15-49-16-12-24)33(48)44-14-13-42(2)19-25(44)18-39)26(20-7-9-23(35)10-8-20)28(32(43)47)40-30(46)21-5-4-6-22(17-21)34(36,37)38/h4-10,17,24-26,28H,3,11-16,19H2,1-2H3,(H,40,46)/t25?,26-,28-/m0/s1. The summed E-state index contributed by atoms with van der Waals surface area (Å²) in [6, 6.07) is 8.84. The largest absolute Gasteiger partial charge is 0.416 e. The van der Waals surface area contributed by atoms with Gasteiger partial charge in [0.25, 0.3) is 17.7 Å². The molecule has 6 rings (SSSR count). The third-order valence-corrected chi connectivity index (χ3v) is 9.37. The van der Waals surface area contributed by atoms with Gasteiger partial charge in [0, 0.05) is 56.4 Å². The molecule has 3 atom stereocenters. The molecular formula is C34H35F4N7O4. The Kier molecular flexibility index (Phi) is 9.45. The zero-order chi connectivity index (χ0) is 35.0. The summed E-state index contributed by atoms with van der Waals surface area (Å²) in [4.78, 5) is 47.4. The van der Waals surface area contributed by atoms with E-state index in [1.165, 1.54) is 40.1 Å². The second-order valence-electron chi connectivity index (χ2n) is 12.4. The number of anilines is 1. The number of nitrogens with one attached hydrogen (secondary N) is 1. The van der Waals surface area contributed by atoms with Crippen molar-refractivity contribution in [2.75, 3.05) is 51.3 Å². The lowest BCUT2D eigenvalue weighted by Crippen LogP contribution is -2.56. The van der Waals surface area contributed by atoms with Crippen molar-refractivity contribution >= 4 is 23.5 Å². The third-order valence-electron chi connectivity index (χ3n) is 9.37. The number of nitrogens with zero attached hydrogens (tertiary/aromatic N) is 6. The van der Waals surface area contributed by atoms with Gasteiger partial charge in [-0.3, -0.25) is 19.3 Å². The summed E-state index contributed by atoms with van der Waals surface area (Å²) in [5, 5.41) is 17.5. The monoisotopic (exact) mass is 681 g/mol. The molecule has 49 heavy (non-hydrogen) atoms. The fourth-order valence-electron chi connectivity index (χ4n) is 6.87. The van der Waals surface area contributed by atoms with Crippen molar-refractivity contribution < 1.29 is 36.7 Å². The predicted octanol–water partition coefficient (Wildman–Crippen LogP) is 3.97. The molecule has 3 amide bonds. The van der Waals surface area contributed by atoms with Gasteiger partial charge in [-0.15, -0.1) is 0 Å². The third kappa shape index (κ3) is 6.50. The minimum absolute atomic E-state index is 0.0233. The fraction of sp³-hybridized carbons (Fsp3) is 0.441. The van der Waals surface area contributed by atoms with Gasteiger partial charge in [-0.25, -0.2) is 9.07 Å². The minimum atomic E-state index is -4.71. The van der Waals surface area contributed by atoms with Crippen molar-refractivity contribution in [2.45, 2.75) is 50.0 Å². The maximum atomic E-state index is 14.5. The van der Waals surface area contributed by atoms with Gasteiger partial charge in [0.05, 0.1) is 17.7 Å². The van der Waals surface area contributed by atoms with E-state index < -0.39 is 53.3 Å². The first kappa shape index (κ1) is 34.1. The van der Waals surface area contributed by atoms with Gasteiger partial charge < -0.3 is 19.9 Å². The highest BCUT2D eigenvalue weighted by atomic mass is 19.4. The molecule has 0 spiro atoms. The highest BCUT2D eigenvalue weighted by Gasteiger charge is 2.49. The predicted molar refractivity (Wildman–Crippen MR) is 168 cm³/mol. The van der Waals surface area contributed by atoms with Crippen molar-refractivity contribution in [1.82, 2.24) is 24.9 Å². The molecular weight excluding hydrogens is 646 g/mol. The Bertz CT molecular complexity index is 1780. The maximum absolute atomic E-state index is 14.5. The molecule has 3 aliphatic heterocycles. The number of halogens is 4. The quantitative estimate of drug-likeness (QED) is 0.391. The number of hydrogen-bond donors (Lipinski definition) is 1. The minimum Gasteiger partial charge on any atom is -0.381 e. The van der Waals surface area contributed by atoms with E-state index in [0.29, 0.717) is 62.2 Å². The number of carbonyl (C=O) groups is 3. The number of piperazine rings is 1. The van der Waals surface area contributed by atoms with Crippen LogP contribution < -0.4 is 10.2 Å². The van der Waals surface area contributed by atoms with E-state index in [4.69, 9.17) is 9.84 Å². The summed E-state index contributed by atoms with van der Waals surface area (Å²) in [6.45, 7) is 3.73. The van der Waals surface area contributed by atoms with Crippen LogP contribution in [0.4, 0.5) is 23.4 Å².